The fourth-order valence-electron chi connectivity index (χ4n) is 4.94. The van der Waals surface area contributed by atoms with Gasteiger partial charge in [0.05, 0.1) is 24.2 Å². The van der Waals surface area contributed by atoms with Gasteiger partial charge in [-0.3, -0.25) is 9.89 Å². The monoisotopic (exact) mass is 438 g/mol. The normalized spacial score (nSPS) is 19.2. The van der Waals surface area contributed by atoms with Crippen molar-refractivity contribution < 1.29 is 9.18 Å². The number of H-pyrrole nitrogens is 1. The maximum absolute atomic E-state index is 13.2. The van der Waals surface area contributed by atoms with Crippen LogP contribution in [0.15, 0.2) is 30.5 Å². The molecule has 0 spiro atoms. The van der Waals surface area contributed by atoms with Gasteiger partial charge in [-0.15, -0.1) is 0 Å². The van der Waals surface area contributed by atoms with E-state index in [9.17, 15) is 14.4 Å². The summed E-state index contributed by atoms with van der Waals surface area (Å²) in [4.78, 5) is 15.6. The smallest absolute Gasteiger partial charge is 0.257 e. The lowest BCUT2D eigenvalue weighted by Gasteiger charge is -2.42. The van der Waals surface area contributed by atoms with E-state index >= 15 is 0 Å². The summed E-state index contributed by atoms with van der Waals surface area (Å²) in [5.74, 6) is 0.634. The maximum Gasteiger partial charge on any atom is 0.257 e. The Bertz CT molecular complexity index is 936. The van der Waals surface area contributed by atoms with Gasteiger partial charge in [0, 0.05) is 25.3 Å². The number of benzene rings is 1. The van der Waals surface area contributed by atoms with Gasteiger partial charge in [0.1, 0.15) is 17.2 Å². The lowest BCUT2D eigenvalue weighted by atomic mass is 9.83. The molecule has 1 aromatic heterocycles. The van der Waals surface area contributed by atoms with E-state index in [4.69, 9.17) is 0 Å². The highest BCUT2D eigenvalue weighted by Gasteiger charge is 2.37. The molecule has 0 unspecified atom stereocenters. The number of nitrogens with one attached hydrogen (secondary N) is 3. The van der Waals surface area contributed by atoms with E-state index in [0.29, 0.717) is 17.1 Å². The third-order valence-corrected chi connectivity index (χ3v) is 6.85. The largest absolute Gasteiger partial charge is 0.345 e. The van der Waals surface area contributed by atoms with Crippen molar-refractivity contribution in [1.82, 2.24) is 20.4 Å². The van der Waals surface area contributed by atoms with E-state index in [2.05, 4.69) is 31.8 Å². The Labute approximate surface area is 188 Å². The molecule has 1 saturated carbocycles. The van der Waals surface area contributed by atoms with Crippen molar-refractivity contribution in [1.29, 1.82) is 5.26 Å². The Hall–Kier alpha value is -2.92. The second-order valence-corrected chi connectivity index (χ2v) is 9.16. The number of rotatable bonds is 7. The zero-order valence-corrected chi connectivity index (χ0v) is 18.4. The number of nitrogens with zero attached hydrogens (tertiary/aromatic N) is 3. The number of carbonyl (C=O) groups excluding carboxylic acids is 1. The Morgan fingerprint density at radius 2 is 1.94 bits per heavy atom. The second kappa shape index (κ2) is 10.1. The molecule has 0 bridgehead atoms. The summed E-state index contributed by atoms with van der Waals surface area (Å²) in [5, 5.41) is 22.5. The molecule has 2 aliphatic rings. The molecule has 0 atom stereocenters. The third-order valence-electron chi connectivity index (χ3n) is 6.85. The zero-order valence-electron chi connectivity index (χ0n) is 18.4. The first-order chi connectivity index (χ1) is 15.6. The molecular weight excluding hydrogens is 407 g/mol. The number of hydrogen-bond donors (Lipinski definition) is 3. The number of amides is 1. The molecule has 1 aliphatic carbocycles. The van der Waals surface area contributed by atoms with Crippen LogP contribution in [0.25, 0.3) is 0 Å². The minimum Gasteiger partial charge on any atom is -0.345 e. The predicted octanol–water partition coefficient (Wildman–Crippen LogP) is 4.35. The van der Waals surface area contributed by atoms with Crippen molar-refractivity contribution >= 4 is 17.4 Å². The summed E-state index contributed by atoms with van der Waals surface area (Å²) in [7, 11) is 0. The number of hydrogen-bond acceptors (Lipinski definition) is 5. The van der Waals surface area contributed by atoms with Crippen molar-refractivity contribution in [2.24, 2.45) is 5.92 Å². The van der Waals surface area contributed by atoms with E-state index < -0.39 is 5.54 Å². The van der Waals surface area contributed by atoms with Gasteiger partial charge >= 0.3 is 0 Å². The molecule has 170 valence electrons. The highest BCUT2D eigenvalue weighted by atomic mass is 19.1. The lowest BCUT2D eigenvalue weighted by Crippen LogP contribution is -2.55. The summed E-state index contributed by atoms with van der Waals surface area (Å²) in [6, 6.07) is 8.16. The standard InChI is InChI=1S/C24H31FN6O/c25-19-6-8-20(9-7-19)28-22-21(16-27-30-22)23(32)29-24(10-13-26)11-14-31(15-12-24)17-18-4-2-1-3-5-18/h6-9,16,18H,1-5,10-12,14-15,17H2,(H,29,32)(H2,27,28,30). The van der Waals surface area contributed by atoms with Crippen LogP contribution in [-0.2, 0) is 0 Å². The quantitative estimate of drug-likeness (QED) is 0.597. The summed E-state index contributed by atoms with van der Waals surface area (Å²) in [5.41, 5.74) is 0.489. The topological polar surface area (TPSA) is 96.8 Å². The van der Waals surface area contributed by atoms with E-state index in [0.717, 1.165) is 38.4 Å². The summed E-state index contributed by atoms with van der Waals surface area (Å²) in [6.07, 6.45) is 9.96. The molecule has 2 fully saturated rings. The van der Waals surface area contributed by atoms with Crippen LogP contribution in [0.5, 0.6) is 0 Å². The molecule has 3 N–H and O–H groups in total. The summed E-state index contributed by atoms with van der Waals surface area (Å²) in [6.45, 7) is 2.92. The number of halogens is 1. The van der Waals surface area contributed by atoms with Crippen LogP contribution in [0.1, 0.15) is 61.7 Å². The highest BCUT2D eigenvalue weighted by molar-refractivity contribution is 5.99. The molecule has 1 saturated heterocycles. The van der Waals surface area contributed by atoms with Crippen LogP contribution in [0, 0.1) is 23.1 Å². The summed E-state index contributed by atoms with van der Waals surface area (Å²) >= 11 is 0. The molecule has 1 aromatic carbocycles. The van der Waals surface area contributed by atoms with Crippen LogP contribution in [0.2, 0.25) is 0 Å². The Morgan fingerprint density at radius 3 is 2.62 bits per heavy atom. The van der Waals surface area contributed by atoms with Gasteiger partial charge in [-0.1, -0.05) is 19.3 Å². The first-order valence-electron chi connectivity index (χ1n) is 11.5. The molecule has 0 radical (unpaired) electrons. The first-order valence-corrected chi connectivity index (χ1v) is 11.5. The number of likely N-dealkylation sites (tertiary alicyclic amines) is 1. The Balaban J connectivity index is 1.38. The molecule has 4 rings (SSSR count). The lowest BCUT2D eigenvalue weighted by molar-refractivity contribution is 0.0782. The second-order valence-electron chi connectivity index (χ2n) is 9.16. The molecular formula is C24H31FN6O. The van der Waals surface area contributed by atoms with Crippen LogP contribution < -0.4 is 10.6 Å². The van der Waals surface area contributed by atoms with Crippen LogP contribution in [0.3, 0.4) is 0 Å². The van der Waals surface area contributed by atoms with Crippen molar-refractivity contribution in [3.63, 3.8) is 0 Å². The van der Waals surface area contributed by atoms with Crippen molar-refractivity contribution in [2.45, 2.75) is 56.9 Å². The van der Waals surface area contributed by atoms with Gasteiger partial charge in [-0.25, -0.2) is 4.39 Å². The maximum atomic E-state index is 13.2. The molecule has 1 aliphatic heterocycles. The Morgan fingerprint density at radius 1 is 1.22 bits per heavy atom. The minimum atomic E-state index is -0.528. The molecule has 2 heterocycles. The fraction of sp³-hybridized carbons (Fsp3) is 0.542. The minimum absolute atomic E-state index is 0.264. The average Bonchev–Trinajstić information content (AvgIpc) is 3.26. The third kappa shape index (κ3) is 5.46. The van der Waals surface area contributed by atoms with Gasteiger partial charge < -0.3 is 15.5 Å². The predicted molar refractivity (Wildman–Crippen MR) is 121 cm³/mol. The number of aromatic amines is 1. The molecule has 32 heavy (non-hydrogen) atoms. The zero-order chi connectivity index (χ0) is 22.4. The van der Waals surface area contributed by atoms with Gasteiger partial charge in [-0.05, 0) is 55.9 Å². The van der Waals surface area contributed by atoms with Gasteiger partial charge in [0.25, 0.3) is 5.91 Å². The SMILES string of the molecule is N#CCC1(NC(=O)c2cn[nH]c2Nc2ccc(F)cc2)CCN(CC2CCCCC2)CC1. The van der Waals surface area contributed by atoms with Crippen LogP contribution in [0.4, 0.5) is 15.9 Å². The summed E-state index contributed by atoms with van der Waals surface area (Å²) < 4.78 is 13.2. The van der Waals surface area contributed by atoms with Gasteiger partial charge in [0.2, 0.25) is 0 Å². The number of aromatic nitrogens is 2. The van der Waals surface area contributed by atoms with Crippen molar-refractivity contribution in [2.75, 3.05) is 25.0 Å². The van der Waals surface area contributed by atoms with Crippen molar-refractivity contribution in [3.8, 4) is 6.07 Å². The van der Waals surface area contributed by atoms with Crippen molar-refractivity contribution in [3.05, 3.63) is 41.8 Å². The molecule has 8 heteroatoms. The Kier molecular flexibility index (Phi) is 7.05. The number of piperidine rings is 1. The van der Waals surface area contributed by atoms with E-state index in [1.807, 2.05) is 0 Å². The van der Waals surface area contributed by atoms with E-state index in [1.165, 1.54) is 50.4 Å². The van der Waals surface area contributed by atoms with Gasteiger partial charge in [0.15, 0.2) is 0 Å². The van der Waals surface area contributed by atoms with E-state index in [1.54, 1.807) is 12.1 Å². The van der Waals surface area contributed by atoms with Gasteiger partial charge in [-0.2, -0.15) is 10.4 Å². The molecule has 1 amide bonds. The number of anilines is 2. The molecule has 7 nitrogen and oxygen atoms in total. The van der Waals surface area contributed by atoms with E-state index in [-0.39, 0.29) is 18.1 Å². The number of nitriles is 1. The first kappa shape index (κ1) is 22.3. The highest BCUT2D eigenvalue weighted by Crippen LogP contribution is 2.30. The van der Waals surface area contributed by atoms with Crippen LogP contribution >= 0.6 is 0 Å². The average molecular weight is 439 g/mol. The molecule has 2 aromatic rings. The fourth-order valence-corrected chi connectivity index (χ4v) is 4.94. The van der Waals surface area contributed by atoms with Crippen LogP contribution in [-0.4, -0.2) is 46.2 Å². The number of carbonyl (C=O) groups is 1.